The Labute approximate surface area is 134 Å². The standard InChI is InChI=1S/C18H20BrNO/c1-13-4-6-14(7-5-13)12-20-17-3-2-10-21-18-11-15(19)8-9-16(17)18/h4-9,11,17,20H,2-3,10,12H2,1H3. The fourth-order valence-electron chi connectivity index (χ4n) is 2.71. The second-order valence-corrected chi connectivity index (χ2v) is 6.51. The smallest absolute Gasteiger partial charge is 0.125 e. The Morgan fingerprint density at radius 3 is 2.81 bits per heavy atom. The average Bonchev–Trinajstić information content (AvgIpc) is 2.68. The Hall–Kier alpha value is -1.32. The van der Waals surface area contributed by atoms with Crippen LogP contribution in [0.1, 0.15) is 35.6 Å². The van der Waals surface area contributed by atoms with E-state index in [-0.39, 0.29) is 0 Å². The predicted molar refractivity (Wildman–Crippen MR) is 89.6 cm³/mol. The van der Waals surface area contributed by atoms with Crippen molar-refractivity contribution in [1.29, 1.82) is 0 Å². The maximum atomic E-state index is 5.86. The van der Waals surface area contributed by atoms with Crippen molar-refractivity contribution in [3.63, 3.8) is 0 Å². The number of hydrogen-bond donors (Lipinski definition) is 1. The Bertz CT molecular complexity index is 609. The minimum atomic E-state index is 0.358. The topological polar surface area (TPSA) is 21.3 Å². The number of aryl methyl sites for hydroxylation is 1. The molecule has 1 heterocycles. The lowest BCUT2D eigenvalue weighted by molar-refractivity contribution is 0.315. The molecule has 2 nitrogen and oxygen atoms in total. The summed E-state index contributed by atoms with van der Waals surface area (Å²) in [6.45, 7) is 3.81. The molecule has 3 heteroatoms. The molecule has 1 aliphatic rings. The number of ether oxygens (including phenoxy) is 1. The zero-order valence-corrected chi connectivity index (χ0v) is 13.8. The third-order valence-electron chi connectivity index (χ3n) is 3.92. The van der Waals surface area contributed by atoms with Gasteiger partial charge in [0.1, 0.15) is 5.75 Å². The summed E-state index contributed by atoms with van der Waals surface area (Å²) >= 11 is 3.52. The van der Waals surface area contributed by atoms with Gasteiger partial charge in [0.15, 0.2) is 0 Å². The second-order valence-electron chi connectivity index (χ2n) is 5.59. The van der Waals surface area contributed by atoms with Gasteiger partial charge in [-0.15, -0.1) is 0 Å². The van der Waals surface area contributed by atoms with Gasteiger partial charge in [0.2, 0.25) is 0 Å². The van der Waals surface area contributed by atoms with Crippen LogP contribution in [0.4, 0.5) is 0 Å². The summed E-state index contributed by atoms with van der Waals surface area (Å²) in [5.74, 6) is 1.00. The van der Waals surface area contributed by atoms with Crippen LogP contribution in [0.25, 0.3) is 0 Å². The fourth-order valence-corrected chi connectivity index (χ4v) is 3.05. The molecule has 0 aromatic heterocycles. The molecule has 1 N–H and O–H groups in total. The van der Waals surface area contributed by atoms with E-state index < -0.39 is 0 Å². The molecule has 0 spiro atoms. The normalized spacial score (nSPS) is 17.7. The summed E-state index contributed by atoms with van der Waals surface area (Å²) < 4.78 is 6.93. The number of rotatable bonds is 3. The van der Waals surface area contributed by atoms with E-state index in [0.717, 1.165) is 36.2 Å². The molecule has 1 atom stereocenters. The van der Waals surface area contributed by atoms with Crippen molar-refractivity contribution in [2.75, 3.05) is 6.61 Å². The minimum Gasteiger partial charge on any atom is -0.493 e. The first-order valence-electron chi connectivity index (χ1n) is 7.43. The van der Waals surface area contributed by atoms with Crippen molar-refractivity contribution >= 4 is 15.9 Å². The van der Waals surface area contributed by atoms with Crippen molar-refractivity contribution in [2.24, 2.45) is 0 Å². The zero-order chi connectivity index (χ0) is 14.7. The lowest BCUT2D eigenvalue weighted by atomic mass is 10.0. The predicted octanol–water partition coefficient (Wildman–Crippen LogP) is 4.76. The molecule has 110 valence electrons. The summed E-state index contributed by atoms with van der Waals surface area (Å²) in [5, 5.41) is 3.68. The van der Waals surface area contributed by atoms with Crippen LogP contribution >= 0.6 is 15.9 Å². The molecule has 2 aromatic carbocycles. The van der Waals surface area contributed by atoms with Gasteiger partial charge in [-0.25, -0.2) is 0 Å². The highest BCUT2D eigenvalue weighted by molar-refractivity contribution is 9.10. The highest BCUT2D eigenvalue weighted by Gasteiger charge is 2.19. The van der Waals surface area contributed by atoms with E-state index >= 15 is 0 Å². The molecule has 0 fully saturated rings. The molecule has 2 aromatic rings. The van der Waals surface area contributed by atoms with Crippen molar-refractivity contribution in [3.05, 3.63) is 63.6 Å². The van der Waals surface area contributed by atoms with E-state index in [1.165, 1.54) is 16.7 Å². The summed E-state index contributed by atoms with van der Waals surface area (Å²) in [7, 11) is 0. The summed E-state index contributed by atoms with van der Waals surface area (Å²) in [6, 6.07) is 15.4. The highest BCUT2D eigenvalue weighted by Crippen LogP contribution is 2.33. The van der Waals surface area contributed by atoms with Gasteiger partial charge in [0.05, 0.1) is 6.61 Å². The van der Waals surface area contributed by atoms with Crippen molar-refractivity contribution in [2.45, 2.75) is 32.4 Å². The maximum absolute atomic E-state index is 5.86. The lowest BCUT2D eigenvalue weighted by Crippen LogP contribution is -2.20. The van der Waals surface area contributed by atoms with E-state index in [4.69, 9.17) is 4.74 Å². The number of nitrogens with one attached hydrogen (secondary N) is 1. The van der Waals surface area contributed by atoms with Gasteiger partial charge in [0.25, 0.3) is 0 Å². The van der Waals surface area contributed by atoms with E-state index in [1.54, 1.807) is 0 Å². The molecule has 1 unspecified atom stereocenters. The van der Waals surface area contributed by atoms with Crippen LogP contribution in [0.3, 0.4) is 0 Å². The summed E-state index contributed by atoms with van der Waals surface area (Å²) in [4.78, 5) is 0. The Balaban J connectivity index is 1.74. The van der Waals surface area contributed by atoms with Gasteiger partial charge in [0, 0.05) is 22.6 Å². The first-order valence-corrected chi connectivity index (χ1v) is 8.23. The van der Waals surface area contributed by atoms with Gasteiger partial charge in [-0.05, 0) is 37.5 Å². The summed E-state index contributed by atoms with van der Waals surface area (Å²) in [5.41, 5.74) is 3.89. The van der Waals surface area contributed by atoms with Crippen LogP contribution in [-0.4, -0.2) is 6.61 Å². The Kier molecular flexibility index (Phi) is 4.61. The molecule has 0 bridgehead atoms. The van der Waals surface area contributed by atoms with E-state index in [2.05, 4.69) is 70.6 Å². The van der Waals surface area contributed by atoms with Gasteiger partial charge in [-0.1, -0.05) is 51.8 Å². The quantitative estimate of drug-likeness (QED) is 0.865. The number of fused-ring (bicyclic) bond motifs is 1. The minimum absolute atomic E-state index is 0.358. The largest absolute Gasteiger partial charge is 0.493 e. The molecule has 0 radical (unpaired) electrons. The SMILES string of the molecule is Cc1ccc(CNC2CCCOc3cc(Br)ccc32)cc1. The van der Waals surface area contributed by atoms with Crippen molar-refractivity contribution < 1.29 is 4.74 Å². The van der Waals surface area contributed by atoms with Crippen LogP contribution in [0.5, 0.6) is 5.75 Å². The van der Waals surface area contributed by atoms with Crippen LogP contribution in [0.15, 0.2) is 46.9 Å². The molecule has 21 heavy (non-hydrogen) atoms. The van der Waals surface area contributed by atoms with Crippen LogP contribution in [0.2, 0.25) is 0 Å². The monoisotopic (exact) mass is 345 g/mol. The Morgan fingerprint density at radius 1 is 1.19 bits per heavy atom. The van der Waals surface area contributed by atoms with E-state index in [9.17, 15) is 0 Å². The van der Waals surface area contributed by atoms with Crippen LogP contribution in [0, 0.1) is 6.92 Å². The first kappa shape index (κ1) is 14.6. The molecule has 0 amide bonds. The molecular weight excluding hydrogens is 326 g/mol. The van der Waals surface area contributed by atoms with E-state index in [1.807, 2.05) is 0 Å². The second kappa shape index (κ2) is 6.63. The van der Waals surface area contributed by atoms with Crippen LogP contribution < -0.4 is 10.1 Å². The molecule has 3 rings (SSSR count). The molecular formula is C18H20BrNO. The first-order chi connectivity index (χ1) is 10.2. The molecule has 0 saturated heterocycles. The third kappa shape index (κ3) is 3.66. The molecule has 1 aliphatic heterocycles. The lowest BCUT2D eigenvalue weighted by Gasteiger charge is -2.18. The number of benzene rings is 2. The van der Waals surface area contributed by atoms with Gasteiger partial charge in [-0.2, -0.15) is 0 Å². The third-order valence-corrected chi connectivity index (χ3v) is 4.41. The molecule has 0 aliphatic carbocycles. The van der Waals surface area contributed by atoms with Gasteiger partial charge >= 0.3 is 0 Å². The highest BCUT2D eigenvalue weighted by atomic mass is 79.9. The maximum Gasteiger partial charge on any atom is 0.125 e. The van der Waals surface area contributed by atoms with Crippen LogP contribution in [-0.2, 0) is 6.54 Å². The number of halogens is 1. The zero-order valence-electron chi connectivity index (χ0n) is 12.2. The number of hydrogen-bond acceptors (Lipinski definition) is 2. The van der Waals surface area contributed by atoms with E-state index in [0.29, 0.717) is 6.04 Å². The van der Waals surface area contributed by atoms with Crippen molar-refractivity contribution in [1.82, 2.24) is 5.32 Å². The molecule has 0 saturated carbocycles. The fraction of sp³-hybridized carbons (Fsp3) is 0.333. The summed E-state index contributed by atoms with van der Waals surface area (Å²) in [6.07, 6.45) is 2.19. The average molecular weight is 346 g/mol. The Morgan fingerprint density at radius 2 is 2.00 bits per heavy atom. The van der Waals surface area contributed by atoms with Crippen molar-refractivity contribution in [3.8, 4) is 5.75 Å². The van der Waals surface area contributed by atoms with Gasteiger partial charge < -0.3 is 10.1 Å². The van der Waals surface area contributed by atoms with Gasteiger partial charge in [-0.3, -0.25) is 0 Å².